The Morgan fingerprint density at radius 2 is 2.11 bits per heavy atom. The number of aromatic nitrogens is 3. The van der Waals surface area contributed by atoms with Crippen LogP contribution in [0.1, 0.15) is 37.8 Å². The molecule has 27 heavy (non-hydrogen) atoms. The van der Waals surface area contributed by atoms with E-state index in [0.717, 1.165) is 76.0 Å². The van der Waals surface area contributed by atoms with Crippen LogP contribution in [0.15, 0.2) is 4.99 Å². The maximum Gasteiger partial charge on any atom is 0.191 e. The Morgan fingerprint density at radius 1 is 1.37 bits per heavy atom. The lowest BCUT2D eigenvalue weighted by Crippen LogP contribution is -2.58. The average molecular weight is 491 g/mol. The van der Waals surface area contributed by atoms with Gasteiger partial charge in [-0.15, -0.1) is 24.0 Å². The maximum atomic E-state index is 5.56. The monoisotopic (exact) mass is 491 g/mol. The minimum atomic E-state index is 0. The normalized spacial score (nSPS) is 22.1. The van der Waals surface area contributed by atoms with E-state index in [9.17, 15) is 0 Å². The van der Waals surface area contributed by atoms with Crippen molar-refractivity contribution in [1.82, 2.24) is 30.3 Å². The largest absolute Gasteiger partial charge is 0.381 e. The van der Waals surface area contributed by atoms with Gasteiger partial charge >= 0.3 is 0 Å². The number of hydrogen-bond donors (Lipinski definition) is 2. The van der Waals surface area contributed by atoms with E-state index in [1.54, 1.807) is 0 Å². The highest BCUT2D eigenvalue weighted by atomic mass is 127. The molecule has 8 nitrogen and oxygen atoms in total. The van der Waals surface area contributed by atoms with E-state index >= 15 is 0 Å². The van der Waals surface area contributed by atoms with Crippen LogP contribution >= 0.6 is 24.0 Å². The summed E-state index contributed by atoms with van der Waals surface area (Å²) in [6.07, 6.45) is 4.97. The molecule has 3 heterocycles. The number of aliphatic imine (C=N–C) groups is 1. The Labute approximate surface area is 179 Å². The number of fused-ring (bicyclic) bond motifs is 1. The van der Waals surface area contributed by atoms with E-state index in [1.165, 1.54) is 0 Å². The van der Waals surface area contributed by atoms with Gasteiger partial charge in [-0.05, 0) is 33.4 Å². The van der Waals surface area contributed by atoms with Crippen LogP contribution in [0.4, 0.5) is 0 Å². The van der Waals surface area contributed by atoms with E-state index in [1.807, 2.05) is 11.7 Å². The van der Waals surface area contributed by atoms with Crippen LogP contribution in [0.3, 0.4) is 0 Å². The molecule has 1 atom stereocenters. The summed E-state index contributed by atoms with van der Waals surface area (Å²) in [6.45, 7) is 5.45. The molecule has 0 bridgehead atoms. The molecule has 0 radical (unpaired) electrons. The third kappa shape index (κ3) is 5.32. The summed E-state index contributed by atoms with van der Waals surface area (Å²) in [5, 5.41) is 11.7. The molecule has 0 spiro atoms. The molecule has 3 rings (SSSR count). The van der Waals surface area contributed by atoms with Crippen molar-refractivity contribution in [3.05, 3.63) is 11.6 Å². The van der Waals surface area contributed by atoms with Gasteiger partial charge in [-0.3, -0.25) is 4.99 Å². The number of likely N-dealkylation sites (N-methyl/N-ethyl adjacent to an activating group) is 1. The minimum Gasteiger partial charge on any atom is -0.381 e. The van der Waals surface area contributed by atoms with Crippen LogP contribution in [0.2, 0.25) is 0 Å². The maximum absolute atomic E-state index is 5.56. The second-order valence-corrected chi connectivity index (χ2v) is 7.52. The molecule has 9 heteroatoms. The van der Waals surface area contributed by atoms with Crippen molar-refractivity contribution in [1.29, 1.82) is 0 Å². The Morgan fingerprint density at radius 3 is 2.74 bits per heavy atom. The molecule has 1 saturated heterocycles. The number of guanidine groups is 1. The molecule has 1 aromatic rings. The van der Waals surface area contributed by atoms with Gasteiger partial charge in [0.05, 0.1) is 6.54 Å². The fourth-order valence-corrected chi connectivity index (χ4v) is 3.80. The number of halogens is 1. The molecule has 1 fully saturated rings. The average Bonchev–Trinajstić information content (AvgIpc) is 3.08. The topological polar surface area (TPSA) is 79.6 Å². The van der Waals surface area contributed by atoms with E-state index in [-0.39, 0.29) is 29.5 Å². The van der Waals surface area contributed by atoms with Crippen LogP contribution in [-0.2, 0) is 24.1 Å². The first-order chi connectivity index (χ1) is 12.6. The zero-order chi connectivity index (χ0) is 18.6. The molecule has 2 aliphatic heterocycles. The van der Waals surface area contributed by atoms with Gasteiger partial charge in [-0.25, -0.2) is 9.67 Å². The Bertz CT molecular complexity index is 625. The first kappa shape index (κ1) is 22.4. The summed E-state index contributed by atoms with van der Waals surface area (Å²) in [5.41, 5.74) is 0.123. The first-order valence-corrected chi connectivity index (χ1v) is 9.71. The van der Waals surface area contributed by atoms with Crippen molar-refractivity contribution in [3.8, 4) is 0 Å². The van der Waals surface area contributed by atoms with Crippen molar-refractivity contribution in [2.24, 2.45) is 4.99 Å². The quantitative estimate of drug-likeness (QED) is 0.364. The van der Waals surface area contributed by atoms with Gasteiger partial charge in [-0.2, -0.15) is 5.10 Å². The van der Waals surface area contributed by atoms with Gasteiger partial charge in [0.25, 0.3) is 0 Å². The van der Waals surface area contributed by atoms with Crippen LogP contribution in [0, 0.1) is 0 Å². The van der Waals surface area contributed by atoms with Crippen molar-refractivity contribution >= 4 is 29.9 Å². The predicted molar refractivity (Wildman–Crippen MR) is 118 cm³/mol. The number of rotatable bonds is 5. The second-order valence-electron chi connectivity index (χ2n) is 7.52. The molecule has 0 amide bonds. The van der Waals surface area contributed by atoms with Crippen LogP contribution in [0.25, 0.3) is 0 Å². The van der Waals surface area contributed by atoms with E-state index in [4.69, 9.17) is 4.74 Å². The Balaban J connectivity index is 0.00000261. The summed E-state index contributed by atoms with van der Waals surface area (Å²) in [4.78, 5) is 11.3. The van der Waals surface area contributed by atoms with Crippen LogP contribution < -0.4 is 10.6 Å². The van der Waals surface area contributed by atoms with Gasteiger partial charge in [-0.1, -0.05) is 6.92 Å². The SMILES string of the molecule is CCc1nc2n(n1)CC(NC(=NC)NCC1(N(C)C)CCOCC1)CC2.I. The molecule has 1 aromatic heterocycles. The molecular weight excluding hydrogens is 457 g/mol. The summed E-state index contributed by atoms with van der Waals surface area (Å²) >= 11 is 0. The molecule has 2 aliphatic rings. The van der Waals surface area contributed by atoms with Gasteiger partial charge < -0.3 is 20.3 Å². The third-order valence-electron chi connectivity index (χ3n) is 5.74. The predicted octanol–water partition coefficient (Wildman–Crippen LogP) is 1.05. The lowest BCUT2D eigenvalue weighted by atomic mass is 9.88. The number of hydrogen-bond acceptors (Lipinski definition) is 5. The highest BCUT2D eigenvalue weighted by Crippen LogP contribution is 2.25. The van der Waals surface area contributed by atoms with Gasteiger partial charge in [0, 0.05) is 51.2 Å². The third-order valence-corrected chi connectivity index (χ3v) is 5.74. The van der Waals surface area contributed by atoms with Gasteiger partial charge in [0.1, 0.15) is 5.82 Å². The summed E-state index contributed by atoms with van der Waals surface area (Å²) < 4.78 is 7.61. The van der Waals surface area contributed by atoms with E-state index < -0.39 is 0 Å². The van der Waals surface area contributed by atoms with Crippen molar-refractivity contribution in [3.63, 3.8) is 0 Å². The summed E-state index contributed by atoms with van der Waals surface area (Å²) in [7, 11) is 6.14. The van der Waals surface area contributed by atoms with E-state index in [0.29, 0.717) is 6.04 Å². The molecule has 0 saturated carbocycles. The van der Waals surface area contributed by atoms with Crippen LogP contribution in [-0.4, -0.2) is 78.1 Å². The smallest absolute Gasteiger partial charge is 0.191 e. The fraction of sp³-hybridized carbons (Fsp3) is 0.833. The molecule has 154 valence electrons. The van der Waals surface area contributed by atoms with Gasteiger partial charge in [0.15, 0.2) is 11.8 Å². The second kappa shape index (κ2) is 10.0. The minimum absolute atomic E-state index is 0. The number of nitrogens with one attached hydrogen (secondary N) is 2. The summed E-state index contributed by atoms with van der Waals surface area (Å²) in [5.74, 6) is 2.91. The molecule has 0 aromatic carbocycles. The Kier molecular flexibility index (Phi) is 8.29. The standard InChI is InChI=1S/C18H33N7O.HI/c1-5-15-22-16-7-6-14(12-25(16)23-15)21-17(19-2)20-13-18(24(3)4)8-10-26-11-9-18;/h14H,5-13H2,1-4H3,(H2,19,20,21);1H. The zero-order valence-electron chi connectivity index (χ0n) is 17.0. The molecule has 2 N–H and O–H groups in total. The zero-order valence-corrected chi connectivity index (χ0v) is 19.3. The number of ether oxygens (including phenoxy) is 1. The highest BCUT2D eigenvalue weighted by molar-refractivity contribution is 14.0. The van der Waals surface area contributed by atoms with Crippen molar-refractivity contribution < 1.29 is 4.74 Å². The van der Waals surface area contributed by atoms with Crippen LogP contribution in [0.5, 0.6) is 0 Å². The lowest BCUT2D eigenvalue weighted by Gasteiger charge is -2.43. The summed E-state index contributed by atoms with van der Waals surface area (Å²) in [6, 6.07) is 0.324. The van der Waals surface area contributed by atoms with E-state index in [2.05, 4.69) is 51.6 Å². The molecule has 1 unspecified atom stereocenters. The number of nitrogens with zero attached hydrogens (tertiary/aromatic N) is 5. The highest BCUT2D eigenvalue weighted by Gasteiger charge is 2.35. The fourth-order valence-electron chi connectivity index (χ4n) is 3.80. The van der Waals surface area contributed by atoms with Gasteiger partial charge in [0.2, 0.25) is 0 Å². The molecular formula is C18H34IN7O. The van der Waals surface area contributed by atoms with Crippen molar-refractivity contribution in [2.45, 2.75) is 57.2 Å². The number of aryl methyl sites for hydroxylation is 2. The van der Waals surface area contributed by atoms with Crippen molar-refractivity contribution in [2.75, 3.05) is 40.9 Å². The molecule has 0 aliphatic carbocycles. The first-order valence-electron chi connectivity index (χ1n) is 9.71. The Hall–Kier alpha value is -0.940. The lowest BCUT2D eigenvalue weighted by molar-refractivity contribution is -0.00503.